The molecule has 0 radical (unpaired) electrons. The van der Waals surface area contributed by atoms with Gasteiger partial charge >= 0.3 is 0 Å². The van der Waals surface area contributed by atoms with Gasteiger partial charge in [0.25, 0.3) is 5.91 Å². The zero-order valence-corrected chi connectivity index (χ0v) is 17.0. The molecule has 0 spiro atoms. The summed E-state index contributed by atoms with van der Waals surface area (Å²) in [5.41, 5.74) is 2.03. The van der Waals surface area contributed by atoms with Crippen LogP contribution in [-0.4, -0.2) is 19.1 Å². The maximum absolute atomic E-state index is 13.2. The van der Waals surface area contributed by atoms with Gasteiger partial charge in [-0.1, -0.05) is 30.3 Å². The monoisotopic (exact) mass is 408 g/mol. The number of carbonyl (C=O) groups excluding carboxylic acids is 1. The first-order valence-corrected chi connectivity index (χ1v) is 9.88. The predicted molar refractivity (Wildman–Crippen MR) is 117 cm³/mol. The van der Waals surface area contributed by atoms with Gasteiger partial charge < -0.3 is 20.1 Å². The van der Waals surface area contributed by atoms with E-state index in [0.717, 1.165) is 5.56 Å². The highest BCUT2D eigenvalue weighted by atomic mass is 19.1. The lowest BCUT2D eigenvalue weighted by atomic mass is 10.1. The van der Waals surface area contributed by atoms with Gasteiger partial charge in [0.15, 0.2) is 11.5 Å². The second kappa shape index (κ2) is 10.3. The van der Waals surface area contributed by atoms with E-state index in [2.05, 4.69) is 10.6 Å². The van der Waals surface area contributed by atoms with Gasteiger partial charge in [-0.2, -0.15) is 0 Å². The molecule has 0 heterocycles. The van der Waals surface area contributed by atoms with Crippen LogP contribution in [0.15, 0.2) is 72.8 Å². The maximum Gasteiger partial charge on any atom is 0.251 e. The Morgan fingerprint density at radius 3 is 2.17 bits per heavy atom. The molecule has 1 amide bonds. The second-order valence-electron chi connectivity index (χ2n) is 6.51. The molecule has 0 aliphatic carbocycles. The van der Waals surface area contributed by atoms with Gasteiger partial charge in [0, 0.05) is 17.4 Å². The van der Waals surface area contributed by atoms with Crippen molar-refractivity contribution in [3.8, 4) is 11.5 Å². The van der Waals surface area contributed by atoms with Crippen LogP contribution in [0.3, 0.4) is 0 Å². The minimum atomic E-state index is -0.663. The van der Waals surface area contributed by atoms with Crippen molar-refractivity contribution in [2.45, 2.75) is 19.9 Å². The summed E-state index contributed by atoms with van der Waals surface area (Å²) in [6.45, 7) is 4.84. The predicted octanol–water partition coefficient (Wildman–Crippen LogP) is 5.42. The molecule has 0 fully saturated rings. The number of rotatable bonds is 9. The summed E-state index contributed by atoms with van der Waals surface area (Å²) in [7, 11) is 0. The minimum absolute atomic E-state index is 0.264. The lowest BCUT2D eigenvalue weighted by Crippen LogP contribution is -2.27. The molecule has 3 aromatic rings. The van der Waals surface area contributed by atoms with Crippen LogP contribution in [0.5, 0.6) is 11.5 Å². The Morgan fingerprint density at radius 2 is 1.50 bits per heavy atom. The van der Waals surface area contributed by atoms with Crippen LogP contribution >= 0.6 is 0 Å². The van der Waals surface area contributed by atoms with Crippen molar-refractivity contribution < 1.29 is 18.7 Å². The lowest BCUT2D eigenvalue weighted by Gasteiger charge is -2.21. The molecule has 3 aromatic carbocycles. The van der Waals surface area contributed by atoms with E-state index in [0.29, 0.717) is 36.1 Å². The van der Waals surface area contributed by atoms with Crippen molar-refractivity contribution in [2.75, 3.05) is 23.8 Å². The van der Waals surface area contributed by atoms with Crippen molar-refractivity contribution in [2.24, 2.45) is 0 Å². The number of carbonyl (C=O) groups is 1. The first kappa shape index (κ1) is 21.2. The Hall–Kier alpha value is -3.54. The number of nitrogens with one attached hydrogen (secondary N) is 2. The number of hydrogen-bond acceptors (Lipinski definition) is 4. The van der Waals surface area contributed by atoms with Crippen LogP contribution in [0.1, 0.15) is 25.5 Å². The topological polar surface area (TPSA) is 59.6 Å². The standard InChI is InChI=1S/C24H25FN2O3/c1-3-29-21-15-14-20(16-22(21)30-4-2)26-23(17-8-6-5-7-9-17)24(28)27-19-12-10-18(25)11-13-19/h5-16,23,26H,3-4H2,1-2H3,(H,27,28)/t23-/m1/s1. The normalized spacial score (nSPS) is 11.4. The second-order valence-corrected chi connectivity index (χ2v) is 6.51. The molecule has 0 bridgehead atoms. The number of ether oxygens (including phenoxy) is 2. The molecule has 30 heavy (non-hydrogen) atoms. The Morgan fingerprint density at radius 1 is 0.867 bits per heavy atom. The molecule has 0 aromatic heterocycles. The average molecular weight is 408 g/mol. The van der Waals surface area contributed by atoms with Gasteiger partial charge in [-0.05, 0) is 55.8 Å². The van der Waals surface area contributed by atoms with Crippen LogP contribution in [-0.2, 0) is 4.79 Å². The summed E-state index contributed by atoms with van der Waals surface area (Å²) < 4.78 is 24.5. The smallest absolute Gasteiger partial charge is 0.251 e. The Balaban J connectivity index is 1.87. The van der Waals surface area contributed by atoms with Gasteiger partial charge in [0.1, 0.15) is 11.9 Å². The summed E-state index contributed by atoms with van der Waals surface area (Å²) in [6.07, 6.45) is 0. The summed E-state index contributed by atoms with van der Waals surface area (Å²) in [6, 6.07) is 19.9. The number of amides is 1. The molecule has 156 valence electrons. The fourth-order valence-electron chi connectivity index (χ4n) is 3.00. The number of anilines is 2. The third kappa shape index (κ3) is 5.50. The molecular weight excluding hydrogens is 383 g/mol. The van der Waals surface area contributed by atoms with Gasteiger partial charge in [0.2, 0.25) is 0 Å². The van der Waals surface area contributed by atoms with Crippen molar-refractivity contribution in [1.82, 2.24) is 0 Å². The summed E-state index contributed by atoms with van der Waals surface area (Å²) in [5, 5.41) is 6.11. The van der Waals surface area contributed by atoms with E-state index in [1.165, 1.54) is 24.3 Å². The molecule has 0 saturated carbocycles. The van der Waals surface area contributed by atoms with Crippen molar-refractivity contribution in [3.05, 3.63) is 84.2 Å². The molecule has 6 heteroatoms. The number of hydrogen-bond donors (Lipinski definition) is 2. The molecule has 0 unspecified atom stereocenters. The maximum atomic E-state index is 13.2. The van der Waals surface area contributed by atoms with Gasteiger partial charge in [-0.15, -0.1) is 0 Å². The highest BCUT2D eigenvalue weighted by molar-refractivity contribution is 5.97. The van der Waals surface area contributed by atoms with Crippen LogP contribution in [0.4, 0.5) is 15.8 Å². The van der Waals surface area contributed by atoms with E-state index < -0.39 is 6.04 Å². The Bertz CT molecular complexity index is 962. The van der Waals surface area contributed by atoms with Gasteiger partial charge in [0.05, 0.1) is 13.2 Å². The van der Waals surface area contributed by atoms with E-state index in [-0.39, 0.29) is 11.7 Å². The van der Waals surface area contributed by atoms with Crippen LogP contribution < -0.4 is 20.1 Å². The summed E-state index contributed by atoms with van der Waals surface area (Å²) >= 11 is 0. The Kier molecular flexibility index (Phi) is 7.27. The molecule has 2 N–H and O–H groups in total. The van der Waals surface area contributed by atoms with E-state index in [1.807, 2.05) is 62.4 Å². The summed E-state index contributed by atoms with van der Waals surface area (Å²) in [4.78, 5) is 13.1. The van der Waals surface area contributed by atoms with E-state index in [1.54, 1.807) is 0 Å². The molecule has 0 saturated heterocycles. The quantitative estimate of drug-likeness (QED) is 0.497. The third-order valence-electron chi connectivity index (χ3n) is 4.36. The Labute approximate surface area is 175 Å². The van der Waals surface area contributed by atoms with Gasteiger partial charge in [-0.25, -0.2) is 4.39 Å². The first-order valence-electron chi connectivity index (χ1n) is 9.88. The van der Waals surface area contributed by atoms with Crippen molar-refractivity contribution in [1.29, 1.82) is 0 Å². The zero-order chi connectivity index (χ0) is 21.3. The van der Waals surface area contributed by atoms with Crippen LogP contribution in [0.2, 0.25) is 0 Å². The third-order valence-corrected chi connectivity index (χ3v) is 4.36. The van der Waals surface area contributed by atoms with E-state index in [9.17, 15) is 9.18 Å². The van der Waals surface area contributed by atoms with Crippen molar-refractivity contribution >= 4 is 17.3 Å². The highest BCUT2D eigenvalue weighted by Gasteiger charge is 2.21. The molecule has 5 nitrogen and oxygen atoms in total. The fraction of sp³-hybridized carbons (Fsp3) is 0.208. The summed E-state index contributed by atoms with van der Waals surface area (Å²) in [5.74, 6) is 0.634. The van der Waals surface area contributed by atoms with E-state index in [4.69, 9.17) is 9.47 Å². The van der Waals surface area contributed by atoms with Gasteiger partial charge in [-0.3, -0.25) is 4.79 Å². The largest absolute Gasteiger partial charge is 0.490 e. The molecule has 0 aliphatic heterocycles. The number of halogens is 1. The highest BCUT2D eigenvalue weighted by Crippen LogP contribution is 2.32. The molecule has 0 aliphatic rings. The lowest BCUT2D eigenvalue weighted by molar-refractivity contribution is -0.117. The van der Waals surface area contributed by atoms with Crippen molar-refractivity contribution in [3.63, 3.8) is 0 Å². The van der Waals surface area contributed by atoms with Crippen LogP contribution in [0, 0.1) is 5.82 Å². The first-order chi connectivity index (χ1) is 14.6. The molecule has 3 rings (SSSR count). The number of benzene rings is 3. The molecule has 1 atom stereocenters. The fourth-order valence-corrected chi connectivity index (χ4v) is 3.00. The average Bonchev–Trinajstić information content (AvgIpc) is 2.76. The molecular formula is C24H25FN2O3. The SMILES string of the molecule is CCOc1ccc(N[C@@H](C(=O)Nc2ccc(F)cc2)c2ccccc2)cc1OCC. The van der Waals surface area contributed by atoms with E-state index >= 15 is 0 Å². The minimum Gasteiger partial charge on any atom is -0.490 e. The van der Waals surface area contributed by atoms with Crippen LogP contribution in [0.25, 0.3) is 0 Å². The zero-order valence-electron chi connectivity index (χ0n) is 17.0.